The van der Waals surface area contributed by atoms with E-state index in [1.165, 1.54) is 37.4 Å². The molecule has 0 atom stereocenters. The fraction of sp³-hybridized carbons (Fsp3) is 0.167. The number of hydrogen-bond acceptors (Lipinski definition) is 5. The number of methoxy groups -OCH3 is 1. The van der Waals surface area contributed by atoms with Crippen LogP contribution in [0.4, 0.5) is 11.4 Å². The molecule has 0 aromatic heterocycles. The van der Waals surface area contributed by atoms with Gasteiger partial charge in [-0.2, -0.15) is 0 Å². The van der Waals surface area contributed by atoms with Gasteiger partial charge in [-0.15, -0.1) is 0 Å². The van der Waals surface area contributed by atoms with Crippen LogP contribution < -0.4 is 9.62 Å². The molecule has 1 amide bonds. The monoisotopic (exact) mass is 486 g/mol. The summed E-state index contributed by atoms with van der Waals surface area (Å²) in [5.41, 5.74) is 2.36. The molecule has 7 nitrogen and oxygen atoms in total. The van der Waals surface area contributed by atoms with Gasteiger partial charge in [0.25, 0.3) is 10.0 Å². The normalized spacial score (nSPS) is 11.0. The van der Waals surface area contributed by atoms with Crippen molar-refractivity contribution in [1.82, 2.24) is 0 Å². The van der Waals surface area contributed by atoms with Gasteiger partial charge in [0.1, 0.15) is 6.54 Å². The molecule has 0 aliphatic heterocycles. The third-order valence-electron chi connectivity index (χ3n) is 4.94. The van der Waals surface area contributed by atoms with Crippen molar-refractivity contribution in [2.24, 2.45) is 0 Å². The van der Waals surface area contributed by atoms with Gasteiger partial charge in [0, 0.05) is 5.69 Å². The van der Waals surface area contributed by atoms with Crippen LogP contribution in [0.15, 0.2) is 71.6 Å². The van der Waals surface area contributed by atoms with E-state index in [9.17, 15) is 18.0 Å². The Morgan fingerprint density at radius 3 is 2.30 bits per heavy atom. The van der Waals surface area contributed by atoms with E-state index < -0.39 is 28.4 Å². The van der Waals surface area contributed by atoms with Gasteiger partial charge in [-0.25, -0.2) is 13.2 Å². The Labute approximate surface area is 198 Å². The van der Waals surface area contributed by atoms with Crippen LogP contribution in [-0.2, 0) is 19.6 Å². The summed E-state index contributed by atoms with van der Waals surface area (Å²) >= 11 is 6.03. The second-order valence-corrected chi connectivity index (χ2v) is 9.62. The molecular formula is C24H23ClN2O5S. The standard InChI is InChI=1S/C24H23ClN2O5S/c1-16-8-11-19(12-9-16)33(30,31)27(22-7-5-4-6-17(22)2)15-23(28)26-18-10-13-21(25)20(14-18)24(29)32-3/h4-14H,15H2,1-3H3,(H,26,28). The van der Waals surface area contributed by atoms with Crippen molar-refractivity contribution in [3.8, 4) is 0 Å². The van der Waals surface area contributed by atoms with Crippen molar-refractivity contribution in [3.63, 3.8) is 0 Å². The Bertz CT molecular complexity index is 1290. The highest BCUT2D eigenvalue weighted by atomic mass is 35.5. The maximum absolute atomic E-state index is 13.5. The third-order valence-corrected chi connectivity index (χ3v) is 7.04. The minimum atomic E-state index is -4.04. The fourth-order valence-corrected chi connectivity index (χ4v) is 4.86. The highest BCUT2D eigenvalue weighted by molar-refractivity contribution is 7.92. The summed E-state index contributed by atoms with van der Waals surface area (Å²) in [6.45, 7) is 3.15. The molecule has 3 aromatic rings. The maximum Gasteiger partial charge on any atom is 0.339 e. The molecule has 0 saturated heterocycles. The Morgan fingerprint density at radius 2 is 1.67 bits per heavy atom. The van der Waals surface area contributed by atoms with E-state index in [0.717, 1.165) is 9.87 Å². The fourth-order valence-electron chi connectivity index (χ4n) is 3.18. The summed E-state index contributed by atoms with van der Waals surface area (Å²) in [4.78, 5) is 24.9. The summed E-state index contributed by atoms with van der Waals surface area (Å²) in [6, 6.07) is 17.7. The number of amides is 1. The zero-order chi connectivity index (χ0) is 24.2. The molecule has 9 heteroatoms. The average Bonchev–Trinajstić information content (AvgIpc) is 2.79. The number of esters is 1. The largest absolute Gasteiger partial charge is 0.465 e. The van der Waals surface area contributed by atoms with E-state index >= 15 is 0 Å². The van der Waals surface area contributed by atoms with E-state index in [0.29, 0.717) is 11.3 Å². The van der Waals surface area contributed by atoms with Gasteiger partial charge >= 0.3 is 5.97 Å². The predicted molar refractivity (Wildman–Crippen MR) is 128 cm³/mol. The van der Waals surface area contributed by atoms with Crippen LogP contribution >= 0.6 is 11.6 Å². The highest BCUT2D eigenvalue weighted by Crippen LogP contribution is 2.27. The average molecular weight is 487 g/mol. The number of carbonyl (C=O) groups is 2. The number of para-hydroxylation sites is 1. The third kappa shape index (κ3) is 5.53. The molecule has 0 unspecified atom stereocenters. The molecular weight excluding hydrogens is 464 g/mol. The molecule has 33 heavy (non-hydrogen) atoms. The van der Waals surface area contributed by atoms with Crippen LogP contribution in [0.3, 0.4) is 0 Å². The van der Waals surface area contributed by atoms with Crippen LogP contribution in [0.5, 0.6) is 0 Å². The molecule has 3 rings (SSSR count). The molecule has 0 bridgehead atoms. The number of hydrogen-bond donors (Lipinski definition) is 1. The molecule has 0 aliphatic carbocycles. The Balaban J connectivity index is 1.94. The van der Waals surface area contributed by atoms with Crippen LogP contribution in [-0.4, -0.2) is 33.9 Å². The topological polar surface area (TPSA) is 92.8 Å². The second-order valence-electron chi connectivity index (χ2n) is 7.35. The minimum absolute atomic E-state index is 0.0728. The van der Waals surface area contributed by atoms with Crippen LogP contribution in [0.1, 0.15) is 21.5 Å². The first-order chi connectivity index (χ1) is 15.6. The van der Waals surface area contributed by atoms with Gasteiger partial charge in [0.2, 0.25) is 5.91 Å². The Hall–Kier alpha value is -3.36. The zero-order valence-corrected chi connectivity index (χ0v) is 19.9. The smallest absolute Gasteiger partial charge is 0.339 e. The maximum atomic E-state index is 13.5. The van der Waals surface area contributed by atoms with E-state index in [-0.39, 0.29) is 21.2 Å². The number of nitrogens with zero attached hydrogens (tertiary/aromatic N) is 1. The van der Waals surface area contributed by atoms with Crippen LogP contribution in [0.25, 0.3) is 0 Å². The molecule has 0 radical (unpaired) electrons. The first-order valence-electron chi connectivity index (χ1n) is 9.96. The summed E-state index contributed by atoms with van der Waals surface area (Å²) in [5.74, 6) is -1.24. The first-order valence-corrected chi connectivity index (χ1v) is 11.8. The van der Waals surface area contributed by atoms with Crippen LogP contribution in [0.2, 0.25) is 5.02 Å². The SMILES string of the molecule is COC(=O)c1cc(NC(=O)CN(c2ccccc2C)S(=O)(=O)c2ccc(C)cc2)ccc1Cl. The summed E-state index contributed by atoms with van der Waals surface area (Å²) in [6.07, 6.45) is 0. The van der Waals surface area contributed by atoms with Crippen molar-refractivity contribution in [2.45, 2.75) is 18.7 Å². The number of aryl methyl sites for hydroxylation is 2. The molecule has 0 heterocycles. The molecule has 3 aromatic carbocycles. The predicted octanol–water partition coefficient (Wildman–Crippen LogP) is 4.58. The van der Waals surface area contributed by atoms with E-state index in [2.05, 4.69) is 5.32 Å². The number of ether oxygens (including phenoxy) is 1. The van der Waals surface area contributed by atoms with Gasteiger partial charge in [0.05, 0.1) is 28.3 Å². The molecule has 0 spiro atoms. The molecule has 0 fully saturated rings. The van der Waals surface area contributed by atoms with Gasteiger partial charge in [-0.1, -0.05) is 47.5 Å². The lowest BCUT2D eigenvalue weighted by Gasteiger charge is -2.25. The van der Waals surface area contributed by atoms with E-state index in [4.69, 9.17) is 16.3 Å². The van der Waals surface area contributed by atoms with Gasteiger partial charge in [-0.05, 0) is 55.8 Å². The molecule has 1 N–H and O–H groups in total. The Kier molecular flexibility index (Phi) is 7.40. The zero-order valence-electron chi connectivity index (χ0n) is 18.3. The van der Waals surface area contributed by atoms with E-state index in [1.54, 1.807) is 43.3 Å². The number of nitrogens with one attached hydrogen (secondary N) is 1. The molecule has 0 saturated carbocycles. The number of rotatable bonds is 7. The van der Waals surface area contributed by atoms with Crippen molar-refractivity contribution < 1.29 is 22.7 Å². The second kappa shape index (κ2) is 10.1. The molecule has 0 aliphatic rings. The molecule has 172 valence electrons. The number of sulfonamides is 1. The van der Waals surface area contributed by atoms with Crippen molar-refractivity contribution in [1.29, 1.82) is 0 Å². The lowest BCUT2D eigenvalue weighted by Crippen LogP contribution is -2.38. The summed E-state index contributed by atoms with van der Waals surface area (Å²) < 4.78 is 32.7. The van der Waals surface area contributed by atoms with Crippen molar-refractivity contribution in [3.05, 3.63) is 88.4 Å². The van der Waals surface area contributed by atoms with Gasteiger partial charge < -0.3 is 10.1 Å². The van der Waals surface area contributed by atoms with Crippen molar-refractivity contribution in [2.75, 3.05) is 23.3 Å². The minimum Gasteiger partial charge on any atom is -0.465 e. The summed E-state index contributed by atoms with van der Waals surface area (Å²) in [7, 11) is -2.81. The lowest BCUT2D eigenvalue weighted by atomic mass is 10.2. The number of halogens is 1. The summed E-state index contributed by atoms with van der Waals surface area (Å²) in [5, 5.41) is 2.80. The quantitative estimate of drug-likeness (QED) is 0.493. The van der Waals surface area contributed by atoms with Crippen LogP contribution in [0, 0.1) is 13.8 Å². The first kappa shape index (κ1) is 24.3. The van der Waals surface area contributed by atoms with Gasteiger partial charge in [-0.3, -0.25) is 9.10 Å². The van der Waals surface area contributed by atoms with E-state index in [1.807, 2.05) is 6.92 Å². The number of benzene rings is 3. The number of anilines is 2. The van der Waals surface area contributed by atoms with Gasteiger partial charge in [0.15, 0.2) is 0 Å². The Morgan fingerprint density at radius 1 is 1.00 bits per heavy atom. The lowest BCUT2D eigenvalue weighted by molar-refractivity contribution is -0.114. The van der Waals surface area contributed by atoms with Crippen molar-refractivity contribution >= 4 is 44.9 Å². The number of carbonyl (C=O) groups excluding carboxylic acids is 2. The highest BCUT2D eigenvalue weighted by Gasteiger charge is 2.28.